The van der Waals surface area contributed by atoms with Crippen molar-refractivity contribution in [2.75, 3.05) is 20.1 Å². The molecule has 2 aromatic heterocycles. The molecule has 1 aliphatic heterocycles. The molecule has 0 amide bonds. The monoisotopic (exact) mass is 302 g/mol. The van der Waals surface area contributed by atoms with Crippen LogP contribution in [0.25, 0.3) is 11.0 Å². The van der Waals surface area contributed by atoms with Crippen LogP contribution < -0.4 is 0 Å². The third-order valence-corrected chi connectivity index (χ3v) is 4.70. The Morgan fingerprint density at radius 3 is 2.68 bits per heavy atom. The molecule has 3 rings (SSSR count). The highest BCUT2D eigenvalue weighted by atomic mass is 16.4. The van der Waals surface area contributed by atoms with Gasteiger partial charge in [-0.05, 0) is 58.0 Å². The van der Waals surface area contributed by atoms with Crippen LogP contribution in [0.4, 0.5) is 0 Å². The minimum absolute atomic E-state index is 0.0139. The summed E-state index contributed by atoms with van der Waals surface area (Å²) in [4.78, 5) is 18.0. The third-order valence-electron chi connectivity index (χ3n) is 4.70. The molecule has 118 valence electrons. The minimum atomic E-state index is -0.824. The lowest BCUT2D eigenvalue weighted by Gasteiger charge is -2.29. The van der Waals surface area contributed by atoms with Gasteiger partial charge in [-0.2, -0.15) is 5.10 Å². The Morgan fingerprint density at radius 2 is 2.05 bits per heavy atom. The van der Waals surface area contributed by atoms with Crippen molar-refractivity contribution >= 4 is 17.0 Å². The van der Waals surface area contributed by atoms with Crippen molar-refractivity contribution in [3.05, 3.63) is 23.0 Å². The van der Waals surface area contributed by atoms with E-state index in [9.17, 15) is 4.79 Å². The number of carboxylic acids is 1. The fraction of sp³-hybridized carbons (Fsp3) is 0.562. The summed E-state index contributed by atoms with van der Waals surface area (Å²) in [7, 11) is 2.14. The average molecular weight is 302 g/mol. The van der Waals surface area contributed by atoms with E-state index >= 15 is 0 Å². The summed E-state index contributed by atoms with van der Waals surface area (Å²) in [5, 5.41) is 14.6. The first-order valence-electron chi connectivity index (χ1n) is 7.71. The van der Waals surface area contributed by atoms with Crippen molar-refractivity contribution < 1.29 is 9.90 Å². The van der Waals surface area contributed by atoms with E-state index in [1.54, 1.807) is 0 Å². The lowest BCUT2D eigenvalue weighted by Crippen LogP contribution is -2.31. The van der Waals surface area contributed by atoms with E-state index in [0.717, 1.165) is 53.8 Å². The van der Waals surface area contributed by atoms with E-state index in [4.69, 9.17) is 5.11 Å². The summed E-state index contributed by atoms with van der Waals surface area (Å²) in [6, 6.07) is 0.380. The zero-order chi connectivity index (χ0) is 15.9. The van der Waals surface area contributed by atoms with Crippen molar-refractivity contribution in [3.63, 3.8) is 0 Å². The molecule has 6 heteroatoms. The van der Waals surface area contributed by atoms with E-state index in [0.29, 0.717) is 6.04 Å². The maximum atomic E-state index is 11.0. The smallest absolute Gasteiger partial charge is 0.307 e. The van der Waals surface area contributed by atoms with Crippen LogP contribution >= 0.6 is 0 Å². The van der Waals surface area contributed by atoms with Gasteiger partial charge in [-0.3, -0.25) is 4.79 Å². The highest BCUT2D eigenvalue weighted by Crippen LogP contribution is 2.28. The molecule has 1 N–H and O–H groups in total. The normalized spacial score (nSPS) is 17.2. The molecule has 1 fully saturated rings. The second kappa shape index (κ2) is 5.68. The molecule has 2 aromatic rings. The van der Waals surface area contributed by atoms with E-state index in [1.807, 2.05) is 24.7 Å². The number of aromatic nitrogens is 3. The molecule has 0 unspecified atom stereocenters. The Bertz CT molecular complexity index is 714. The first-order valence-corrected chi connectivity index (χ1v) is 7.71. The highest BCUT2D eigenvalue weighted by molar-refractivity contribution is 5.82. The Kier molecular flexibility index (Phi) is 3.87. The van der Waals surface area contributed by atoms with Crippen LogP contribution in [-0.4, -0.2) is 50.9 Å². The second-order valence-corrected chi connectivity index (χ2v) is 6.23. The number of hydrogen-bond donors (Lipinski definition) is 1. The van der Waals surface area contributed by atoms with Gasteiger partial charge in [0.15, 0.2) is 5.65 Å². The largest absolute Gasteiger partial charge is 0.481 e. The van der Waals surface area contributed by atoms with Crippen molar-refractivity contribution in [3.8, 4) is 0 Å². The maximum absolute atomic E-state index is 11.0. The van der Waals surface area contributed by atoms with Gasteiger partial charge in [0.25, 0.3) is 0 Å². The van der Waals surface area contributed by atoms with Crippen LogP contribution in [-0.2, 0) is 11.2 Å². The minimum Gasteiger partial charge on any atom is -0.481 e. The van der Waals surface area contributed by atoms with E-state index < -0.39 is 5.97 Å². The fourth-order valence-corrected chi connectivity index (χ4v) is 3.31. The second-order valence-electron chi connectivity index (χ2n) is 6.23. The van der Waals surface area contributed by atoms with Crippen LogP contribution in [0, 0.1) is 13.8 Å². The number of aliphatic carboxylic acids is 1. The Balaban J connectivity index is 2.03. The molecule has 0 saturated carbocycles. The molecule has 0 spiro atoms. The van der Waals surface area contributed by atoms with Crippen LogP contribution in [0.15, 0.2) is 6.20 Å². The number of carboxylic acid groups (broad SMARTS) is 1. The number of likely N-dealkylation sites (tertiary alicyclic amines) is 1. The Labute approximate surface area is 129 Å². The van der Waals surface area contributed by atoms with Crippen LogP contribution in [0.2, 0.25) is 0 Å². The van der Waals surface area contributed by atoms with Crippen LogP contribution in [0.1, 0.15) is 35.7 Å². The summed E-state index contributed by atoms with van der Waals surface area (Å²) in [6.45, 7) is 5.99. The number of hydrogen-bond acceptors (Lipinski definition) is 4. The number of pyridine rings is 1. The van der Waals surface area contributed by atoms with Gasteiger partial charge in [-0.1, -0.05) is 0 Å². The van der Waals surface area contributed by atoms with Gasteiger partial charge in [-0.25, -0.2) is 9.67 Å². The Hall–Kier alpha value is -1.95. The molecule has 22 heavy (non-hydrogen) atoms. The summed E-state index contributed by atoms with van der Waals surface area (Å²) in [6.07, 6.45) is 3.99. The lowest BCUT2D eigenvalue weighted by molar-refractivity contribution is -0.136. The molecule has 3 heterocycles. The van der Waals surface area contributed by atoms with Crippen molar-refractivity contribution in [1.82, 2.24) is 19.7 Å². The van der Waals surface area contributed by atoms with Crippen LogP contribution in [0.3, 0.4) is 0 Å². The molecular formula is C16H22N4O2. The predicted molar refractivity (Wildman–Crippen MR) is 84.1 cm³/mol. The molecule has 0 aromatic carbocycles. The molecule has 0 radical (unpaired) electrons. The SMILES string of the molecule is Cc1nc2c(cnn2C2CCN(C)CC2)c(C)c1CC(=O)O. The number of aryl methyl sites for hydroxylation is 2. The molecule has 0 bridgehead atoms. The van der Waals surface area contributed by atoms with E-state index in [1.165, 1.54) is 0 Å². The lowest BCUT2D eigenvalue weighted by atomic mass is 10.0. The van der Waals surface area contributed by atoms with Crippen molar-refractivity contribution in [1.29, 1.82) is 0 Å². The summed E-state index contributed by atoms with van der Waals surface area (Å²) >= 11 is 0. The molecular weight excluding hydrogens is 280 g/mol. The van der Waals surface area contributed by atoms with Crippen molar-refractivity contribution in [2.45, 2.75) is 39.2 Å². The highest BCUT2D eigenvalue weighted by Gasteiger charge is 2.23. The van der Waals surface area contributed by atoms with Gasteiger partial charge in [0, 0.05) is 11.1 Å². The molecule has 0 atom stereocenters. The number of piperidine rings is 1. The predicted octanol–water partition coefficient (Wildman–Crippen LogP) is 1.94. The van der Waals surface area contributed by atoms with Gasteiger partial charge in [0.05, 0.1) is 18.7 Å². The topological polar surface area (TPSA) is 71.2 Å². The van der Waals surface area contributed by atoms with Gasteiger partial charge in [0.1, 0.15) is 0 Å². The third kappa shape index (κ3) is 2.59. The molecule has 0 aliphatic carbocycles. The van der Waals surface area contributed by atoms with E-state index in [2.05, 4.69) is 22.0 Å². The standard InChI is InChI=1S/C16H22N4O2/c1-10-13(8-15(21)22)11(2)18-16-14(10)9-17-20(16)12-4-6-19(3)7-5-12/h9,12H,4-8H2,1-3H3,(H,21,22). The molecule has 6 nitrogen and oxygen atoms in total. The number of carbonyl (C=O) groups is 1. The van der Waals surface area contributed by atoms with Crippen molar-refractivity contribution in [2.24, 2.45) is 0 Å². The summed E-state index contributed by atoms with van der Waals surface area (Å²) < 4.78 is 2.03. The van der Waals surface area contributed by atoms with Gasteiger partial charge < -0.3 is 10.0 Å². The summed E-state index contributed by atoms with van der Waals surface area (Å²) in [5.74, 6) is -0.824. The zero-order valence-electron chi connectivity index (χ0n) is 13.3. The number of nitrogens with zero attached hydrogens (tertiary/aromatic N) is 4. The zero-order valence-corrected chi connectivity index (χ0v) is 13.3. The quantitative estimate of drug-likeness (QED) is 0.938. The van der Waals surface area contributed by atoms with Gasteiger partial charge >= 0.3 is 5.97 Å². The number of fused-ring (bicyclic) bond motifs is 1. The van der Waals surface area contributed by atoms with Gasteiger partial charge in [0.2, 0.25) is 0 Å². The van der Waals surface area contributed by atoms with Crippen LogP contribution in [0.5, 0.6) is 0 Å². The van der Waals surface area contributed by atoms with E-state index in [-0.39, 0.29) is 6.42 Å². The summed E-state index contributed by atoms with van der Waals surface area (Å²) in [5.41, 5.74) is 3.48. The maximum Gasteiger partial charge on any atom is 0.307 e. The average Bonchev–Trinajstić information content (AvgIpc) is 2.88. The molecule has 1 aliphatic rings. The number of rotatable bonds is 3. The fourth-order valence-electron chi connectivity index (χ4n) is 3.31. The molecule has 1 saturated heterocycles. The first-order chi connectivity index (χ1) is 10.5. The Morgan fingerprint density at radius 1 is 1.36 bits per heavy atom. The van der Waals surface area contributed by atoms with Gasteiger partial charge in [-0.15, -0.1) is 0 Å². The first kappa shape index (κ1) is 15.0.